The maximum absolute atomic E-state index is 13.4. The predicted molar refractivity (Wildman–Crippen MR) is 72.2 cm³/mol. The number of nitrogens with zero attached hydrogens (tertiary/aromatic N) is 1. The fourth-order valence-corrected chi connectivity index (χ4v) is 1.70. The summed E-state index contributed by atoms with van der Waals surface area (Å²) in [5.41, 5.74) is 0.344. The van der Waals surface area contributed by atoms with Crippen LogP contribution in [0.1, 0.15) is 26.3 Å². The lowest BCUT2D eigenvalue weighted by atomic mass is 10.1. The molecule has 0 heterocycles. The second-order valence-electron chi connectivity index (χ2n) is 4.17. The van der Waals surface area contributed by atoms with Crippen LogP contribution in [-0.4, -0.2) is 18.4 Å². The second-order valence-corrected chi connectivity index (χ2v) is 4.17. The van der Waals surface area contributed by atoms with Crippen LogP contribution in [0.2, 0.25) is 0 Å². The predicted octanol–water partition coefficient (Wildman–Crippen LogP) is 2.74. The van der Waals surface area contributed by atoms with E-state index in [2.05, 4.69) is 0 Å². The third-order valence-electron chi connectivity index (χ3n) is 2.74. The molecule has 0 aliphatic rings. The van der Waals surface area contributed by atoms with Crippen molar-refractivity contribution in [3.8, 4) is 6.07 Å². The lowest BCUT2D eigenvalue weighted by Gasteiger charge is -2.05. The highest BCUT2D eigenvalue weighted by atomic mass is 19.1. The molecule has 0 saturated carbocycles. The zero-order valence-electron chi connectivity index (χ0n) is 10.9. The first-order valence-corrected chi connectivity index (χ1v) is 6.07. The Bertz CT molecular complexity index is 734. The van der Waals surface area contributed by atoms with Crippen LogP contribution in [-0.2, 0) is 4.74 Å². The molecule has 0 N–H and O–H groups in total. The Kier molecular flexibility index (Phi) is 4.42. The number of nitriles is 1. The summed E-state index contributed by atoms with van der Waals surface area (Å²) < 4.78 is 18.2. The highest BCUT2D eigenvalue weighted by Gasteiger charge is 2.14. The van der Waals surface area contributed by atoms with Gasteiger partial charge in [-0.25, -0.2) is 9.18 Å². The zero-order chi connectivity index (χ0) is 15.2. The molecule has 4 nitrogen and oxygen atoms in total. The highest BCUT2D eigenvalue weighted by molar-refractivity contribution is 5.99. The van der Waals surface area contributed by atoms with E-state index in [4.69, 9.17) is 10.00 Å². The average molecular weight is 283 g/mol. The van der Waals surface area contributed by atoms with Crippen LogP contribution in [0.25, 0.3) is 0 Å². The quantitative estimate of drug-likeness (QED) is 0.639. The highest BCUT2D eigenvalue weighted by Crippen LogP contribution is 2.09. The van der Waals surface area contributed by atoms with Gasteiger partial charge in [0.25, 0.3) is 0 Å². The third kappa shape index (κ3) is 3.51. The number of ether oxygens (including phenoxy) is 1. The number of carbonyl (C=O) groups is 2. The summed E-state index contributed by atoms with van der Waals surface area (Å²) in [7, 11) is 0. The number of esters is 1. The molecule has 0 saturated heterocycles. The molecule has 0 aliphatic heterocycles. The molecule has 2 rings (SSSR count). The number of hydrogen-bond donors (Lipinski definition) is 0. The number of benzene rings is 2. The van der Waals surface area contributed by atoms with Gasteiger partial charge in [-0.3, -0.25) is 4.79 Å². The fraction of sp³-hybridized carbons (Fsp3) is 0.0625. The Morgan fingerprint density at radius 3 is 2.62 bits per heavy atom. The minimum atomic E-state index is -0.739. The smallest absolute Gasteiger partial charge is 0.338 e. The van der Waals surface area contributed by atoms with Gasteiger partial charge in [-0.05, 0) is 30.3 Å². The van der Waals surface area contributed by atoms with Crippen LogP contribution in [0.15, 0.2) is 48.5 Å². The van der Waals surface area contributed by atoms with Gasteiger partial charge in [-0.1, -0.05) is 18.2 Å². The lowest BCUT2D eigenvalue weighted by Crippen LogP contribution is -2.15. The molecule has 2 aromatic rings. The van der Waals surface area contributed by atoms with Crippen LogP contribution in [0.3, 0.4) is 0 Å². The Morgan fingerprint density at radius 2 is 1.90 bits per heavy atom. The van der Waals surface area contributed by atoms with Crippen molar-refractivity contribution in [3.05, 3.63) is 71.0 Å². The van der Waals surface area contributed by atoms with Crippen molar-refractivity contribution in [2.45, 2.75) is 0 Å². The largest absolute Gasteiger partial charge is 0.454 e. The lowest BCUT2D eigenvalue weighted by molar-refractivity contribution is 0.0473. The van der Waals surface area contributed by atoms with E-state index in [0.29, 0.717) is 5.56 Å². The van der Waals surface area contributed by atoms with E-state index in [-0.39, 0.29) is 11.1 Å². The summed E-state index contributed by atoms with van der Waals surface area (Å²) in [5, 5.41) is 8.74. The van der Waals surface area contributed by atoms with Gasteiger partial charge in [0, 0.05) is 0 Å². The molecular weight excluding hydrogens is 273 g/mol. The SMILES string of the molecule is N#Cc1cccc(C(=O)OCC(=O)c2ccccc2F)c1. The Balaban J connectivity index is 2.03. The summed E-state index contributed by atoms with van der Waals surface area (Å²) in [6.07, 6.45) is 0. The van der Waals surface area contributed by atoms with Crippen molar-refractivity contribution in [2.75, 3.05) is 6.61 Å². The summed E-state index contributed by atoms with van der Waals surface area (Å²) in [6, 6.07) is 13.3. The number of carbonyl (C=O) groups excluding carboxylic acids is 2. The summed E-state index contributed by atoms with van der Waals surface area (Å²) in [4.78, 5) is 23.5. The van der Waals surface area contributed by atoms with Gasteiger partial charge in [-0.15, -0.1) is 0 Å². The second kappa shape index (κ2) is 6.44. The van der Waals surface area contributed by atoms with E-state index in [1.807, 2.05) is 6.07 Å². The number of ketones is 1. The molecule has 0 spiro atoms. The van der Waals surface area contributed by atoms with Gasteiger partial charge in [0.15, 0.2) is 6.61 Å². The van der Waals surface area contributed by atoms with Crippen molar-refractivity contribution >= 4 is 11.8 Å². The van der Waals surface area contributed by atoms with Crippen molar-refractivity contribution in [1.29, 1.82) is 5.26 Å². The molecule has 0 radical (unpaired) electrons. The fourth-order valence-electron chi connectivity index (χ4n) is 1.70. The number of rotatable bonds is 4. The van der Waals surface area contributed by atoms with Gasteiger partial charge in [0.2, 0.25) is 5.78 Å². The monoisotopic (exact) mass is 283 g/mol. The molecule has 0 atom stereocenters. The van der Waals surface area contributed by atoms with E-state index in [1.54, 1.807) is 6.07 Å². The van der Waals surface area contributed by atoms with Gasteiger partial charge < -0.3 is 4.74 Å². The Labute approximate surface area is 120 Å². The summed E-state index contributed by atoms with van der Waals surface area (Å²) in [6.45, 7) is -0.559. The van der Waals surface area contributed by atoms with Crippen LogP contribution < -0.4 is 0 Å². The average Bonchev–Trinajstić information content (AvgIpc) is 2.52. The molecule has 0 aromatic heterocycles. The first kappa shape index (κ1) is 14.4. The minimum Gasteiger partial charge on any atom is -0.454 e. The number of halogens is 1. The van der Waals surface area contributed by atoms with Gasteiger partial charge in [0.05, 0.1) is 22.8 Å². The van der Waals surface area contributed by atoms with Crippen molar-refractivity contribution in [2.24, 2.45) is 0 Å². The molecule has 104 valence electrons. The van der Waals surface area contributed by atoms with Crippen molar-refractivity contribution < 1.29 is 18.7 Å². The van der Waals surface area contributed by atoms with Gasteiger partial charge in [0.1, 0.15) is 5.82 Å². The molecule has 21 heavy (non-hydrogen) atoms. The van der Waals surface area contributed by atoms with Crippen LogP contribution >= 0.6 is 0 Å². The number of hydrogen-bond acceptors (Lipinski definition) is 4. The molecule has 0 aliphatic carbocycles. The minimum absolute atomic E-state index is 0.129. The first-order valence-electron chi connectivity index (χ1n) is 6.07. The molecule has 0 unspecified atom stereocenters. The summed E-state index contributed by atoms with van der Waals surface area (Å²) >= 11 is 0. The van der Waals surface area contributed by atoms with Crippen LogP contribution in [0.5, 0.6) is 0 Å². The maximum atomic E-state index is 13.4. The molecular formula is C16H10FNO3. The van der Waals surface area contributed by atoms with E-state index in [1.165, 1.54) is 36.4 Å². The maximum Gasteiger partial charge on any atom is 0.338 e. The van der Waals surface area contributed by atoms with Crippen LogP contribution in [0.4, 0.5) is 4.39 Å². The van der Waals surface area contributed by atoms with Crippen molar-refractivity contribution in [1.82, 2.24) is 0 Å². The zero-order valence-corrected chi connectivity index (χ0v) is 10.9. The van der Waals surface area contributed by atoms with E-state index in [9.17, 15) is 14.0 Å². The molecule has 5 heteroatoms. The Morgan fingerprint density at radius 1 is 1.14 bits per heavy atom. The topological polar surface area (TPSA) is 67.2 Å². The number of Topliss-reactive ketones (excluding diaryl/α,β-unsaturated/α-hetero) is 1. The molecule has 0 amide bonds. The molecule has 0 fully saturated rings. The Hall–Kier alpha value is -3.00. The summed E-state index contributed by atoms with van der Waals surface area (Å²) in [5.74, 6) is -2.03. The third-order valence-corrected chi connectivity index (χ3v) is 2.74. The van der Waals surface area contributed by atoms with E-state index in [0.717, 1.165) is 6.07 Å². The first-order chi connectivity index (χ1) is 10.1. The van der Waals surface area contributed by atoms with E-state index < -0.39 is 24.2 Å². The standard InChI is InChI=1S/C16H10FNO3/c17-14-7-2-1-6-13(14)15(19)10-21-16(20)12-5-3-4-11(8-12)9-18/h1-8H,10H2. The van der Waals surface area contributed by atoms with Crippen molar-refractivity contribution in [3.63, 3.8) is 0 Å². The van der Waals surface area contributed by atoms with Gasteiger partial charge >= 0.3 is 5.97 Å². The van der Waals surface area contributed by atoms with Crippen LogP contribution in [0, 0.1) is 17.1 Å². The van der Waals surface area contributed by atoms with Gasteiger partial charge in [-0.2, -0.15) is 5.26 Å². The molecule has 0 bridgehead atoms. The molecule has 2 aromatic carbocycles. The van der Waals surface area contributed by atoms with E-state index >= 15 is 0 Å². The normalized spacial score (nSPS) is 9.71.